The highest BCUT2D eigenvalue weighted by atomic mass is 16.5. The molecule has 0 aromatic carbocycles. The van der Waals surface area contributed by atoms with Gasteiger partial charge in [-0.05, 0) is 108 Å². The Hall–Kier alpha value is -3.15. The van der Waals surface area contributed by atoms with Crippen LogP contribution in [0.2, 0.25) is 0 Å². The number of nitrogens with two attached hydrogens (primary N) is 1. The Kier molecular flexibility index (Phi) is 10.3. The standard InChI is InChI=1S/C46H69N5O6/c1-27(2)28(3)42(8)19-20-43(9)30-14-16-34-41(7)21-33(51-37(49-26-50-51)29-13-15-32(48-22-29)39(54)55-12)36(57-24-45(11,47)40(4,5)6)46(34,25-56-23-41)31(30)17-18-44(43,10)35(42)38(52)53/h13,15,17,22,26-28,30,33-36H,14,16,18-21,23-25,47H2,1-12H3,(H,52,53)/t28-,30+,33-,34-,35-,36+,41-,42-,43-,44+,45+,46+/m1/s1. The first-order valence-corrected chi connectivity index (χ1v) is 21.4. The third-order valence-corrected chi connectivity index (χ3v) is 17.6. The van der Waals surface area contributed by atoms with Crippen LogP contribution < -0.4 is 5.73 Å². The lowest BCUT2D eigenvalue weighted by Gasteiger charge is -2.71. The van der Waals surface area contributed by atoms with E-state index in [0.29, 0.717) is 38.0 Å². The third-order valence-electron chi connectivity index (χ3n) is 17.6. The normalized spacial score (nSPS) is 39.2. The number of carboxylic acids is 1. The molecule has 4 aliphatic carbocycles. The number of allylic oxidation sites excluding steroid dienone is 1. The number of aromatic nitrogens is 4. The van der Waals surface area contributed by atoms with Gasteiger partial charge in [0.2, 0.25) is 0 Å². The largest absolute Gasteiger partial charge is 0.481 e. The van der Waals surface area contributed by atoms with E-state index in [1.54, 1.807) is 18.6 Å². The molecule has 11 nitrogen and oxygen atoms in total. The summed E-state index contributed by atoms with van der Waals surface area (Å²) in [6.07, 6.45) is 10.7. The van der Waals surface area contributed by atoms with Gasteiger partial charge in [0.15, 0.2) is 5.82 Å². The van der Waals surface area contributed by atoms with E-state index in [-0.39, 0.29) is 57.3 Å². The molecule has 3 saturated carbocycles. The van der Waals surface area contributed by atoms with Crippen LogP contribution >= 0.6 is 0 Å². The highest BCUT2D eigenvalue weighted by Gasteiger charge is 2.73. The Bertz CT molecular complexity index is 1900. The Labute approximate surface area is 340 Å². The van der Waals surface area contributed by atoms with Crippen molar-refractivity contribution < 1.29 is 28.9 Å². The summed E-state index contributed by atoms with van der Waals surface area (Å²) >= 11 is 0. The minimum atomic E-state index is -0.660. The number of ether oxygens (including phenoxy) is 3. The van der Waals surface area contributed by atoms with E-state index < -0.39 is 34.2 Å². The van der Waals surface area contributed by atoms with Crippen LogP contribution in [-0.2, 0) is 19.0 Å². The quantitative estimate of drug-likeness (QED) is 0.187. The lowest BCUT2D eigenvalue weighted by molar-refractivity contribution is -0.255. The molecule has 2 bridgehead atoms. The number of fused-ring (bicyclic) bond motifs is 3. The van der Waals surface area contributed by atoms with E-state index >= 15 is 0 Å². The second kappa shape index (κ2) is 14.0. The average molecular weight is 788 g/mol. The van der Waals surface area contributed by atoms with Crippen molar-refractivity contribution in [2.24, 2.45) is 67.8 Å². The molecule has 3 heterocycles. The molecule has 0 radical (unpaired) electrons. The van der Waals surface area contributed by atoms with E-state index in [1.807, 2.05) is 10.7 Å². The van der Waals surface area contributed by atoms with Gasteiger partial charge >= 0.3 is 11.9 Å². The Morgan fingerprint density at radius 1 is 1.04 bits per heavy atom. The predicted molar refractivity (Wildman–Crippen MR) is 219 cm³/mol. The number of methoxy groups -OCH3 is 1. The molecule has 0 spiro atoms. The molecule has 3 N–H and O–H groups in total. The van der Waals surface area contributed by atoms with Crippen molar-refractivity contribution in [3.05, 3.63) is 42.0 Å². The fourth-order valence-electron chi connectivity index (χ4n) is 13.0. The van der Waals surface area contributed by atoms with Gasteiger partial charge in [0.05, 0.1) is 45.0 Å². The van der Waals surface area contributed by atoms with Gasteiger partial charge in [-0.15, -0.1) is 0 Å². The predicted octanol–water partition coefficient (Wildman–Crippen LogP) is 8.41. The molecule has 11 heteroatoms. The molecule has 57 heavy (non-hydrogen) atoms. The number of carbonyl (C=O) groups is 2. The van der Waals surface area contributed by atoms with Crippen LogP contribution in [0, 0.1) is 62.1 Å². The van der Waals surface area contributed by atoms with Crippen molar-refractivity contribution in [2.45, 2.75) is 132 Å². The summed E-state index contributed by atoms with van der Waals surface area (Å²) in [7, 11) is 1.35. The number of hydrogen-bond acceptors (Lipinski definition) is 9. The van der Waals surface area contributed by atoms with Gasteiger partial charge in [-0.1, -0.05) is 80.9 Å². The number of carbonyl (C=O) groups excluding carboxylic acids is 1. The first-order valence-electron chi connectivity index (χ1n) is 21.4. The van der Waals surface area contributed by atoms with E-state index in [4.69, 9.17) is 30.0 Å². The summed E-state index contributed by atoms with van der Waals surface area (Å²) in [5.41, 5.74) is 6.90. The van der Waals surface area contributed by atoms with Crippen LogP contribution in [0.5, 0.6) is 0 Å². The van der Waals surface area contributed by atoms with Gasteiger partial charge in [0, 0.05) is 22.7 Å². The van der Waals surface area contributed by atoms with Gasteiger partial charge in [0.25, 0.3) is 0 Å². The molecular weight excluding hydrogens is 719 g/mol. The van der Waals surface area contributed by atoms with Crippen LogP contribution in [0.1, 0.15) is 131 Å². The molecule has 12 atom stereocenters. The Morgan fingerprint density at radius 3 is 2.37 bits per heavy atom. The average Bonchev–Trinajstić information content (AvgIpc) is 3.63. The van der Waals surface area contributed by atoms with Gasteiger partial charge in [-0.25, -0.2) is 19.4 Å². The molecule has 1 aliphatic heterocycles. The number of aliphatic carboxylic acids is 1. The number of nitrogens with zero attached hydrogens (tertiary/aromatic N) is 4. The summed E-state index contributed by atoms with van der Waals surface area (Å²) in [4.78, 5) is 35.2. The van der Waals surface area contributed by atoms with Gasteiger partial charge < -0.3 is 25.1 Å². The minimum Gasteiger partial charge on any atom is -0.481 e. The topological polar surface area (TPSA) is 152 Å². The van der Waals surface area contributed by atoms with Crippen molar-refractivity contribution in [3.63, 3.8) is 0 Å². The lowest BCUT2D eigenvalue weighted by Crippen LogP contribution is -2.70. The number of hydrogen-bond donors (Lipinski definition) is 2. The van der Waals surface area contributed by atoms with Crippen LogP contribution in [0.25, 0.3) is 11.4 Å². The van der Waals surface area contributed by atoms with Crippen LogP contribution in [0.15, 0.2) is 36.3 Å². The monoisotopic (exact) mass is 788 g/mol. The van der Waals surface area contributed by atoms with Crippen LogP contribution in [-0.4, -0.2) is 75.4 Å². The highest BCUT2D eigenvalue weighted by molar-refractivity contribution is 5.87. The fourth-order valence-corrected chi connectivity index (χ4v) is 13.0. The molecule has 2 aromatic heterocycles. The molecule has 4 fully saturated rings. The maximum absolute atomic E-state index is 13.7. The van der Waals surface area contributed by atoms with Crippen molar-refractivity contribution in [2.75, 3.05) is 26.9 Å². The molecule has 5 aliphatic rings. The number of pyridine rings is 1. The maximum Gasteiger partial charge on any atom is 0.356 e. The van der Waals surface area contributed by atoms with Crippen LogP contribution in [0.4, 0.5) is 0 Å². The van der Waals surface area contributed by atoms with E-state index in [9.17, 15) is 14.7 Å². The number of esters is 1. The molecule has 7 rings (SSSR count). The van der Waals surface area contributed by atoms with Crippen molar-refractivity contribution in [1.29, 1.82) is 0 Å². The molecule has 0 unspecified atom stereocenters. The second-order valence-electron chi connectivity index (χ2n) is 21.5. The highest BCUT2D eigenvalue weighted by Crippen LogP contribution is 2.75. The fraction of sp³-hybridized carbons (Fsp3) is 0.761. The zero-order valence-corrected chi connectivity index (χ0v) is 36.6. The van der Waals surface area contributed by atoms with E-state index in [2.05, 4.69) is 87.2 Å². The zero-order valence-electron chi connectivity index (χ0n) is 36.6. The van der Waals surface area contributed by atoms with Gasteiger partial charge in [0.1, 0.15) is 12.0 Å². The minimum absolute atomic E-state index is 0.168. The Balaban J connectivity index is 1.39. The first-order chi connectivity index (χ1) is 26.5. The van der Waals surface area contributed by atoms with Gasteiger partial charge in [-0.3, -0.25) is 4.79 Å². The SMILES string of the molecule is COC(=O)c1ccc(-c2ncnn2[C@@H]2C[C@]3(C)COC[C@@]4(C5=CC[C@@]6(C)[C@H](C(=O)O)[C@@](C)([C@H](C)C(C)C)CC[C@]6(C)[C@H]5CC[C@H]34)[C@H]2OC[C@](C)(N)C(C)(C)C)cn1. The zero-order chi connectivity index (χ0) is 41.7. The van der Waals surface area contributed by atoms with Crippen LogP contribution in [0.3, 0.4) is 0 Å². The smallest absolute Gasteiger partial charge is 0.356 e. The van der Waals surface area contributed by atoms with E-state index in [1.165, 1.54) is 12.7 Å². The van der Waals surface area contributed by atoms with Gasteiger partial charge in [-0.2, -0.15) is 5.10 Å². The molecule has 0 amide bonds. The van der Waals surface area contributed by atoms with E-state index in [0.717, 1.165) is 37.7 Å². The maximum atomic E-state index is 13.7. The Morgan fingerprint density at radius 2 is 1.75 bits per heavy atom. The summed E-state index contributed by atoms with van der Waals surface area (Å²) in [5, 5.41) is 16.2. The molecular formula is C46H69N5O6. The van der Waals surface area contributed by atoms with Crippen molar-refractivity contribution in [3.8, 4) is 11.4 Å². The molecule has 2 aromatic rings. The number of carboxylic acid groups (broad SMARTS) is 1. The number of rotatable bonds is 9. The third kappa shape index (κ3) is 6.09. The molecule has 314 valence electrons. The first kappa shape index (κ1) is 42.0. The van der Waals surface area contributed by atoms with Crippen molar-refractivity contribution >= 4 is 11.9 Å². The second-order valence-corrected chi connectivity index (χ2v) is 21.5. The summed E-state index contributed by atoms with van der Waals surface area (Å²) in [6, 6.07) is 3.28. The lowest BCUT2D eigenvalue weighted by atomic mass is 9.34. The summed E-state index contributed by atoms with van der Waals surface area (Å²) in [6.45, 7) is 26.2. The summed E-state index contributed by atoms with van der Waals surface area (Å²) in [5.74, 6) is 0.118. The summed E-state index contributed by atoms with van der Waals surface area (Å²) < 4.78 is 21.2. The van der Waals surface area contributed by atoms with Crippen molar-refractivity contribution in [1.82, 2.24) is 19.7 Å². The molecule has 1 saturated heterocycles.